The molecule has 3 rings (SSSR count). The van der Waals surface area contributed by atoms with Crippen molar-refractivity contribution >= 4 is 29.1 Å². The van der Waals surface area contributed by atoms with Crippen molar-refractivity contribution in [1.29, 1.82) is 5.26 Å². The molecule has 2 aromatic rings. The Hall–Kier alpha value is -2.45. The fraction of sp³-hybridized carbons (Fsp3) is 0.333. The lowest BCUT2D eigenvalue weighted by molar-refractivity contribution is -0.144. The van der Waals surface area contributed by atoms with Gasteiger partial charge in [0.15, 0.2) is 0 Å². The number of carbonyl (C=O) groups is 1. The summed E-state index contributed by atoms with van der Waals surface area (Å²) in [6.07, 6.45) is 0.216. The number of benzene rings is 2. The van der Waals surface area contributed by atoms with Gasteiger partial charge in [0, 0.05) is 28.8 Å². The molecule has 0 spiro atoms. The van der Waals surface area contributed by atoms with E-state index in [1.165, 1.54) is 17.5 Å². The first kappa shape index (κ1) is 18.3. The first-order chi connectivity index (χ1) is 12.5. The Morgan fingerprint density at radius 2 is 1.92 bits per heavy atom. The summed E-state index contributed by atoms with van der Waals surface area (Å²) < 4.78 is 5.13. The number of esters is 1. The van der Waals surface area contributed by atoms with Crippen molar-refractivity contribution in [3.63, 3.8) is 0 Å². The molecule has 5 heteroatoms. The van der Waals surface area contributed by atoms with Crippen molar-refractivity contribution in [2.75, 3.05) is 11.4 Å². The number of nitrogens with zero attached hydrogens (tertiary/aromatic N) is 2. The lowest BCUT2D eigenvalue weighted by Gasteiger charge is -2.33. The summed E-state index contributed by atoms with van der Waals surface area (Å²) in [7, 11) is 0. The maximum atomic E-state index is 11.3. The van der Waals surface area contributed by atoms with E-state index in [0.717, 1.165) is 23.5 Å². The summed E-state index contributed by atoms with van der Waals surface area (Å²) in [4.78, 5) is 15.9. The van der Waals surface area contributed by atoms with Gasteiger partial charge in [0.05, 0.1) is 11.4 Å². The number of rotatable bonds is 5. The highest BCUT2D eigenvalue weighted by Crippen LogP contribution is 2.48. The van der Waals surface area contributed by atoms with E-state index < -0.39 is 12.1 Å². The van der Waals surface area contributed by atoms with Gasteiger partial charge in [-0.25, -0.2) is 0 Å². The average Bonchev–Trinajstić information content (AvgIpc) is 2.62. The van der Waals surface area contributed by atoms with E-state index in [2.05, 4.69) is 43.0 Å². The minimum Gasteiger partial charge on any atom is -0.442 e. The molecule has 0 amide bonds. The quantitative estimate of drug-likeness (QED) is 0.657. The molecule has 1 heterocycles. The average molecular weight is 366 g/mol. The van der Waals surface area contributed by atoms with Crippen LogP contribution in [0.3, 0.4) is 0 Å². The standard InChI is InChI=1S/C21H22N2O2S/c1-14(2)10-11-23-17-6-4-5-7-20(17)26-21-12-16(8-9-18(21)23)19(13-22)25-15(3)24/h4-9,12,14,19H,10-11H2,1-3H3/t19-/m1/s1. The normalized spacial score (nSPS) is 13.6. The zero-order chi connectivity index (χ0) is 18.7. The summed E-state index contributed by atoms with van der Waals surface area (Å²) in [6.45, 7) is 6.71. The molecular formula is C21H22N2O2S. The van der Waals surface area contributed by atoms with E-state index >= 15 is 0 Å². The lowest BCUT2D eigenvalue weighted by Crippen LogP contribution is -2.23. The first-order valence-electron chi connectivity index (χ1n) is 8.74. The number of nitriles is 1. The van der Waals surface area contributed by atoms with Crippen LogP contribution in [-0.4, -0.2) is 12.5 Å². The Balaban J connectivity index is 1.99. The van der Waals surface area contributed by atoms with Crippen LogP contribution in [0.2, 0.25) is 0 Å². The fourth-order valence-electron chi connectivity index (χ4n) is 2.98. The lowest BCUT2D eigenvalue weighted by atomic mass is 10.1. The van der Waals surface area contributed by atoms with Gasteiger partial charge in [0.1, 0.15) is 6.07 Å². The molecule has 0 aliphatic carbocycles. The van der Waals surface area contributed by atoms with Crippen molar-refractivity contribution in [2.45, 2.75) is 43.1 Å². The van der Waals surface area contributed by atoms with Crippen LogP contribution in [0.5, 0.6) is 0 Å². The van der Waals surface area contributed by atoms with Crippen molar-refractivity contribution in [2.24, 2.45) is 5.92 Å². The molecule has 26 heavy (non-hydrogen) atoms. The fourth-order valence-corrected chi connectivity index (χ4v) is 4.12. The van der Waals surface area contributed by atoms with E-state index in [4.69, 9.17) is 4.74 Å². The Morgan fingerprint density at radius 1 is 1.19 bits per heavy atom. The van der Waals surface area contributed by atoms with Crippen LogP contribution in [0.25, 0.3) is 0 Å². The van der Waals surface area contributed by atoms with Crippen LogP contribution in [0, 0.1) is 17.2 Å². The number of carbonyl (C=O) groups excluding carboxylic acids is 1. The zero-order valence-electron chi connectivity index (χ0n) is 15.2. The van der Waals surface area contributed by atoms with Crippen molar-refractivity contribution < 1.29 is 9.53 Å². The molecule has 1 aliphatic rings. The highest BCUT2D eigenvalue weighted by Gasteiger charge is 2.25. The number of ether oxygens (including phenoxy) is 1. The van der Waals surface area contributed by atoms with Gasteiger partial charge < -0.3 is 9.64 Å². The number of hydrogen-bond donors (Lipinski definition) is 0. The Morgan fingerprint density at radius 3 is 2.62 bits per heavy atom. The molecule has 0 bridgehead atoms. The molecule has 4 nitrogen and oxygen atoms in total. The van der Waals surface area contributed by atoms with Crippen LogP contribution in [0.4, 0.5) is 11.4 Å². The first-order valence-corrected chi connectivity index (χ1v) is 9.56. The van der Waals surface area contributed by atoms with Gasteiger partial charge in [-0.3, -0.25) is 4.79 Å². The van der Waals surface area contributed by atoms with Crippen LogP contribution >= 0.6 is 11.8 Å². The van der Waals surface area contributed by atoms with E-state index in [9.17, 15) is 10.1 Å². The third-order valence-corrected chi connectivity index (χ3v) is 5.40. The Labute approximate surface area is 158 Å². The number of fused-ring (bicyclic) bond motifs is 2. The SMILES string of the molecule is CC(=O)O[C@H](C#N)c1ccc2c(c1)Sc1ccccc1N2CCC(C)C. The number of hydrogen-bond acceptors (Lipinski definition) is 5. The topological polar surface area (TPSA) is 53.3 Å². The van der Waals surface area contributed by atoms with Crippen LogP contribution in [0.1, 0.15) is 38.9 Å². The van der Waals surface area contributed by atoms with Crippen LogP contribution < -0.4 is 4.90 Å². The third-order valence-electron chi connectivity index (χ3n) is 4.28. The van der Waals surface area contributed by atoms with E-state index in [-0.39, 0.29) is 0 Å². The largest absolute Gasteiger partial charge is 0.442 e. The van der Waals surface area contributed by atoms with Crippen LogP contribution in [0.15, 0.2) is 52.3 Å². The monoisotopic (exact) mass is 366 g/mol. The minimum absolute atomic E-state index is 0.453. The predicted octanol–water partition coefficient (Wildman–Crippen LogP) is 5.46. The summed E-state index contributed by atoms with van der Waals surface area (Å²) in [6, 6.07) is 16.3. The predicted molar refractivity (Wildman–Crippen MR) is 104 cm³/mol. The molecule has 0 saturated heterocycles. The van der Waals surface area contributed by atoms with Gasteiger partial charge in [-0.1, -0.05) is 43.8 Å². The van der Waals surface area contributed by atoms with E-state index in [1.54, 1.807) is 11.8 Å². The highest BCUT2D eigenvalue weighted by atomic mass is 32.2. The molecule has 0 N–H and O–H groups in total. The Bertz CT molecular complexity index is 857. The Kier molecular flexibility index (Phi) is 5.53. The molecule has 0 aromatic heterocycles. The zero-order valence-corrected chi connectivity index (χ0v) is 16.0. The summed E-state index contributed by atoms with van der Waals surface area (Å²) in [5, 5.41) is 9.34. The maximum Gasteiger partial charge on any atom is 0.304 e. The second kappa shape index (κ2) is 7.84. The molecule has 134 valence electrons. The van der Waals surface area contributed by atoms with Crippen molar-refractivity contribution in [3.8, 4) is 6.07 Å². The molecule has 2 aromatic carbocycles. The van der Waals surface area contributed by atoms with Crippen LogP contribution in [-0.2, 0) is 9.53 Å². The van der Waals surface area contributed by atoms with Gasteiger partial charge >= 0.3 is 5.97 Å². The molecule has 0 saturated carbocycles. The molecule has 0 radical (unpaired) electrons. The van der Waals surface area contributed by atoms with E-state index in [0.29, 0.717) is 11.5 Å². The number of anilines is 2. The summed E-state index contributed by atoms with van der Waals surface area (Å²) in [5.74, 6) is 0.164. The van der Waals surface area contributed by atoms with Gasteiger partial charge in [-0.15, -0.1) is 0 Å². The summed E-state index contributed by atoms with van der Waals surface area (Å²) in [5.41, 5.74) is 3.06. The molecule has 1 aliphatic heterocycles. The van der Waals surface area contributed by atoms with Crippen molar-refractivity contribution in [3.05, 3.63) is 48.0 Å². The van der Waals surface area contributed by atoms with E-state index in [1.807, 2.05) is 24.3 Å². The van der Waals surface area contributed by atoms with Gasteiger partial charge in [-0.05, 0) is 36.6 Å². The molecule has 0 fully saturated rings. The molecule has 1 atom stereocenters. The minimum atomic E-state index is -0.875. The van der Waals surface area contributed by atoms with Crippen molar-refractivity contribution in [1.82, 2.24) is 0 Å². The summed E-state index contributed by atoms with van der Waals surface area (Å²) >= 11 is 1.69. The number of para-hydroxylation sites is 1. The molecule has 0 unspecified atom stereocenters. The smallest absolute Gasteiger partial charge is 0.304 e. The maximum absolute atomic E-state index is 11.3. The molecular weight excluding hydrogens is 344 g/mol. The highest BCUT2D eigenvalue weighted by molar-refractivity contribution is 7.99. The van der Waals surface area contributed by atoms with Gasteiger partial charge in [-0.2, -0.15) is 5.26 Å². The second-order valence-corrected chi connectivity index (χ2v) is 7.83. The van der Waals surface area contributed by atoms with Gasteiger partial charge in [0.25, 0.3) is 0 Å². The third kappa shape index (κ3) is 3.86. The van der Waals surface area contributed by atoms with Gasteiger partial charge in [0.2, 0.25) is 6.10 Å². The second-order valence-electron chi connectivity index (χ2n) is 6.75.